The summed E-state index contributed by atoms with van der Waals surface area (Å²) in [5.74, 6) is 0.937. The van der Waals surface area contributed by atoms with Crippen molar-refractivity contribution in [1.29, 1.82) is 0 Å². The van der Waals surface area contributed by atoms with Crippen molar-refractivity contribution in [3.05, 3.63) is 41.7 Å². The van der Waals surface area contributed by atoms with Gasteiger partial charge in [-0.1, -0.05) is 76.5 Å². The van der Waals surface area contributed by atoms with Crippen molar-refractivity contribution in [2.75, 3.05) is 0 Å². The summed E-state index contributed by atoms with van der Waals surface area (Å²) in [6.07, 6.45) is 17.5. The summed E-state index contributed by atoms with van der Waals surface area (Å²) in [5, 5.41) is 0. The van der Waals surface area contributed by atoms with Gasteiger partial charge < -0.3 is 4.74 Å². The highest BCUT2D eigenvalue weighted by Crippen LogP contribution is 2.38. The Kier molecular flexibility index (Phi) is 10.1. The summed E-state index contributed by atoms with van der Waals surface area (Å²) in [4.78, 5) is 0. The third-order valence-electron chi connectivity index (χ3n) is 7.76. The lowest BCUT2D eigenvalue weighted by molar-refractivity contribution is -0.275. The van der Waals surface area contributed by atoms with E-state index >= 15 is 0 Å². The average molecular weight is 469 g/mol. The van der Waals surface area contributed by atoms with Crippen molar-refractivity contribution in [2.45, 2.75) is 109 Å². The van der Waals surface area contributed by atoms with E-state index in [-0.39, 0.29) is 5.92 Å². The highest BCUT2D eigenvalue weighted by Gasteiger charge is 2.32. The SMILES string of the molecule is CCCCCC1CCC(CC/C=C/C2CCC(c3ccc(OC(F)(F)F)c(F)c3)CC2)CC1. The average Bonchev–Trinajstić information content (AvgIpc) is 2.79. The van der Waals surface area contributed by atoms with Crippen LogP contribution in [0.2, 0.25) is 0 Å². The molecule has 0 amide bonds. The maximum atomic E-state index is 14.0. The molecule has 186 valence electrons. The number of ether oxygens (including phenoxy) is 1. The summed E-state index contributed by atoms with van der Waals surface area (Å²) in [6.45, 7) is 2.27. The fraction of sp³-hybridized carbons (Fsp3) is 0.714. The van der Waals surface area contributed by atoms with E-state index in [1.165, 1.54) is 63.9 Å². The van der Waals surface area contributed by atoms with E-state index in [0.717, 1.165) is 55.6 Å². The number of alkyl halides is 3. The second-order valence-corrected chi connectivity index (χ2v) is 10.2. The topological polar surface area (TPSA) is 9.23 Å². The first-order chi connectivity index (χ1) is 15.8. The molecule has 2 fully saturated rings. The molecule has 33 heavy (non-hydrogen) atoms. The lowest BCUT2D eigenvalue weighted by Gasteiger charge is -2.28. The van der Waals surface area contributed by atoms with Crippen LogP contribution in [0.3, 0.4) is 0 Å². The fourth-order valence-corrected chi connectivity index (χ4v) is 5.74. The largest absolute Gasteiger partial charge is 0.573 e. The van der Waals surface area contributed by atoms with Gasteiger partial charge in [0.15, 0.2) is 11.6 Å². The molecule has 0 bridgehead atoms. The van der Waals surface area contributed by atoms with Crippen molar-refractivity contribution in [3.8, 4) is 5.75 Å². The molecule has 0 radical (unpaired) electrons. The minimum atomic E-state index is -4.87. The number of allylic oxidation sites excluding steroid dienone is 2. The third-order valence-corrected chi connectivity index (χ3v) is 7.76. The molecule has 0 saturated heterocycles. The first-order valence-electron chi connectivity index (χ1n) is 13.1. The Labute approximate surface area is 197 Å². The first kappa shape index (κ1) is 26.1. The van der Waals surface area contributed by atoms with Crippen molar-refractivity contribution < 1.29 is 22.3 Å². The second kappa shape index (κ2) is 12.8. The Balaban J connectivity index is 1.33. The van der Waals surface area contributed by atoms with E-state index in [4.69, 9.17) is 0 Å². The zero-order valence-electron chi connectivity index (χ0n) is 20.0. The van der Waals surface area contributed by atoms with Gasteiger partial charge in [0.25, 0.3) is 0 Å². The molecular formula is C28H40F4O. The smallest absolute Gasteiger partial charge is 0.403 e. The van der Waals surface area contributed by atoms with Gasteiger partial charge in [-0.3, -0.25) is 0 Å². The molecule has 5 heteroatoms. The molecule has 2 aliphatic carbocycles. The number of rotatable bonds is 10. The summed E-state index contributed by atoms with van der Waals surface area (Å²) >= 11 is 0. The van der Waals surface area contributed by atoms with Crippen LogP contribution in [-0.4, -0.2) is 6.36 Å². The van der Waals surface area contributed by atoms with Gasteiger partial charge in [0.2, 0.25) is 0 Å². The molecule has 0 spiro atoms. The maximum Gasteiger partial charge on any atom is 0.573 e. The third kappa shape index (κ3) is 8.98. The minimum absolute atomic E-state index is 0.205. The predicted octanol–water partition coefficient (Wildman–Crippen LogP) is 9.72. The zero-order chi connectivity index (χ0) is 23.7. The van der Waals surface area contributed by atoms with E-state index in [1.807, 2.05) is 0 Å². The Morgan fingerprint density at radius 2 is 1.58 bits per heavy atom. The molecule has 1 aromatic rings. The molecule has 0 atom stereocenters. The molecule has 0 unspecified atom stereocenters. The molecule has 1 nitrogen and oxygen atoms in total. The van der Waals surface area contributed by atoms with E-state index in [0.29, 0.717) is 5.92 Å². The lowest BCUT2D eigenvalue weighted by atomic mass is 9.77. The molecule has 2 aliphatic rings. The zero-order valence-corrected chi connectivity index (χ0v) is 20.0. The maximum absolute atomic E-state index is 14.0. The van der Waals surface area contributed by atoms with Gasteiger partial charge in [0.05, 0.1) is 0 Å². The van der Waals surface area contributed by atoms with Crippen LogP contribution in [0, 0.1) is 23.6 Å². The Morgan fingerprint density at radius 3 is 2.18 bits per heavy atom. The second-order valence-electron chi connectivity index (χ2n) is 10.2. The van der Waals surface area contributed by atoms with Gasteiger partial charge in [-0.25, -0.2) is 4.39 Å². The number of unbranched alkanes of at least 4 members (excludes halogenated alkanes) is 2. The van der Waals surface area contributed by atoms with Crippen LogP contribution in [0.4, 0.5) is 17.6 Å². The van der Waals surface area contributed by atoms with Crippen molar-refractivity contribution in [1.82, 2.24) is 0 Å². The van der Waals surface area contributed by atoms with Gasteiger partial charge in [0.1, 0.15) is 0 Å². The first-order valence-corrected chi connectivity index (χ1v) is 13.1. The molecule has 0 N–H and O–H groups in total. The monoisotopic (exact) mass is 468 g/mol. The van der Waals surface area contributed by atoms with Gasteiger partial charge in [-0.15, -0.1) is 13.2 Å². The van der Waals surface area contributed by atoms with Crippen LogP contribution in [0.15, 0.2) is 30.4 Å². The van der Waals surface area contributed by atoms with Crippen LogP contribution >= 0.6 is 0 Å². The Hall–Kier alpha value is -1.52. The molecule has 1 aromatic carbocycles. The minimum Gasteiger partial charge on any atom is -0.403 e. The van der Waals surface area contributed by atoms with Crippen LogP contribution in [-0.2, 0) is 0 Å². The number of hydrogen-bond acceptors (Lipinski definition) is 1. The van der Waals surface area contributed by atoms with Gasteiger partial charge in [0, 0.05) is 0 Å². The normalized spacial score (nSPS) is 26.6. The number of benzene rings is 1. The highest BCUT2D eigenvalue weighted by atomic mass is 19.4. The van der Waals surface area contributed by atoms with E-state index in [9.17, 15) is 17.6 Å². The molecule has 3 rings (SSSR count). The lowest BCUT2D eigenvalue weighted by Crippen LogP contribution is -2.18. The summed E-state index contributed by atoms with van der Waals surface area (Å²) in [7, 11) is 0. The number of halogens is 4. The fourth-order valence-electron chi connectivity index (χ4n) is 5.74. The van der Waals surface area contributed by atoms with E-state index in [2.05, 4.69) is 23.8 Å². The van der Waals surface area contributed by atoms with Crippen LogP contribution in [0.25, 0.3) is 0 Å². The molecule has 0 heterocycles. The quantitative estimate of drug-likeness (QED) is 0.189. The molecule has 0 aliphatic heterocycles. The van der Waals surface area contributed by atoms with Crippen LogP contribution in [0.1, 0.15) is 108 Å². The van der Waals surface area contributed by atoms with Gasteiger partial charge >= 0.3 is 6.36 Å². The van der Waals surface area contributed by atoms with Crippen molar-refractivity contribution >= 4 is 0 Å². The summed E-state index contributed by atoms with van der Waals surface area (Å²) in [6, 6.07) is 3.88. The Bertz CT molecular complexity index is 726. The highest BCUT2D eigenvalue weighted by molar-refractivity contribution is 5.31. The summed E-state index contributed by atoms with van der Waals surface area (Å²) < 4.78 is 54.7. The van der Waals surface area contributed by atoms with E-state index in [1.54, 1.807) is 6.07 Å². The number of hydrogen-bond donors (Lipinski definition) is 0. The van der Waals surface area contributed by atoms with Crippen molar-refractivity contribution in [2.24, 2.45) is 17.8 Å². The Morgan fingerprint density at radius 1 is 0.909 bits per heavy atom. The van der Waals surface area contributed by atoms with Gasteiger partial charge in [-0.2, -0.15) is 0 Å². The van der Waals surface area contributed by atoms with Crippen LogP contribution < -0.4 is 4.74 Å². The van der Waals surface area contributed by atoms with Crippen LogP contribution in [0.5, 0.6) is 5.75 Å². The molecule has 2 saturated carbocycles. The molecule has 0 aromatic heterocycles. The van der Waals surface area contributed by atoms with E-state index < -0.39 is 17.9 Å². The standard InChI is InChI=1S/C28H40F4O/c1-2-3-4-7-21-10-12-22(13-11-21)8-5-6-9-23-14-16-24(17-15-23)25-18-19-27(26(29)20-25)33-28(30,31)32/h6,9,18-24H,2-5,7-8,10-17H2,1H3/b9-6+. The van der Waals surface area contributed by atoms with Gasteiger partial charge in [-0.05, 0) is 79.9 Å². The predicted molar refractivity (Wildman–Crippen MR) is 126 cm³/mol. The van der Waals surface area contributed by atoms with Crippen molar-refractivity contribution in [3.63, 3.8) is 0 Å². The summed E-state index contributed by atoms with van der Waals surface area (Å²) in [5.41, 5.74) is 0.773. The molecular weight excluding hydrogens is 428 g/mol.